The van der Waals surface area contributed by atoms with Gasteiger partial charge in [-0.25, -0.2) is 0 Å². The fourth-order valence-corrected chi connectivity index (χ4v) is 3.00. The van der Waals surface area contributed by atoms with E-state index in [0.29, 0.717) is 0 Å². The first-order valence-electron chi connectivity index (χ1n) is 7.74. The second kappa shape index (κ2) is 6.95. The molecule has 0 saturated carbocycles. The highest BCUT2D eigenvalue weighted by molar-refractivity contribution is 9.10. The molecule has 0 aromatic heterocycles. The Kier molecular flexibility index (Phi) is 5.50. The van der Waals surface area contributed by atoms with Crippen molar-refractivity contribution in [3.05, 3.63) is 28.2 Å². The molecule has 0 aliphatic carbocycles. The number of hydrogen-bond acceptors (Lipinski definition) is 2. The molecule has 1 saturated heterocycles. The summed E-state index contributed by atoms with van der Waals surface area (Å²) in [6.45, 7) is 9.98. The van der Waals surface area contributed by atoms with Gasteiger partial charge in [0.25, 0.3) is 0 Å². The minimum absolute atomic E-state index is 0.156. The maximum Gasteiger partial charge on any atom is 0.0423 e. The normalized spacial score (nSPS) is 17.1. The van der Waals surface area contributed by atoms with Gasteiger partial charge in [0.05, 0.1) is 0 Å². The van der Waals surface area contributed by atoms with E-state index in [9.17, 15) is 0 Å². The van der Waals surface area contributed by atoms with Crippen LogP contribution >= 0.6 is 15.9 Å². The Bertz CT molecular complexity index is 429. The summed E-state index contributed by atoms with van der Waals surface area (Å²) in [4.78, 5) is 2.57. The minimum atomic E-state index is 0.156. The average molecular weight is 339 g/mol. The number of anilines is 1. The van der Waals surface area contributed by atoms with Crippen molar-refractivity contribution >= 4 is 21.6 Å². The lowest BCUT2D eigenvalue weighted by Gasteiger charge is -2.28. The Hall–Kier alpha value is -0.540. The van der Waals surface area contributed by atoms with Crippen LogP contribution in [0.1, 0.15) is 52.0 Å². The van der Waals surface area contributed by atoms with Gasteiger partial charge in [0.2, 0.25) is 0 Å². The van der Waals surface area contributed by atoms with Crippen molar-refractivity contribution in [1.29, 1.82) is 0 Å². The van der Waals surface area contributed by atoms with Gasteiger partial charge in [-0.2, -0.15) is 0 Å². The number of nitrogens with zero attached hydrogens (tertiary/aromatic N) is 1. The molecule has 2 nitrogen and oxygen atoms in total. The van der Waals surface area contributed by atoms with E-state index in [1.807, 2.05) is 0 Å². The number of halogens is 1. The molecule has 3 heteroatoms. The first-order chi connectivity index (χ1) is 9.46. The van der Waals surface area contributed by atoms with Crippen molar-refractivity contribution in [3.63, 3.8) is 0 Å². The molecule has 20 heavy (non-hydrogen) atoms. The van der Waals surface area contributed by atoms with Gasteiger partial charge >= 0.3 is 0 Å². The molecule has 1 heterocycles. The SMILES string of the molecule is CC(C)(C)NCc1ccc(Br)cc1N1CCCCCC1. The van der Waals surface area contributed by atoms with E-state index in [-0.39, 0.29) is 5.54 Å². The zero-order valence-corrected chi connectivity index (χ0v) is 14.6. The van der Waals surface area contributed by atoms with Crippen molar-refractivity contribution in [2.45, 2.75) is 58.5 Å². The van der Waals surface area contributed by atoms with Crippen LogP contribution < -0.4 is 10.2 Å². The Balaban J connectivity index is 2.18. The molecule has 0 amide bonds. The van der Waals surface area contributed by atoms with E-state index in [0.717, 1.165) is 6.54 Å². The highest BCUT2D eigenvalue weighted by Gasteiger charge is 2.16. The Morgan fingerprint density at radius 1 is 1.10 bits per heavy atom. The van der Waals surface area contributed by atoms with Crippen LogP contribution in [0.4, 0.5) is 5.69 Å². The lowest BCUT2D eigenvalue weighted by molar-refractivity contribution is 0.424. The smallest absolute Gasteiger partial charge is 0.0423 e. The first-order valence-corrected chi connectivity index (χ1v) is 8.53. The molecule has 0 unspecified atom stereocenters. The maximum atomic E-state index is 3.63. The monoisotopic (exact) mass is 338 g/mol. The molecule has 1 aromatic rings. The van der Waals surface area contributed by atoms with Crippen LogP contribution in [0.25, 0.3) is 0 Å². The van der Waals surface area contributed by atoms with Crippen molar-refractivity contribution in [2.75, 3.05) is 18.0 Å². The third kappa shape index (κ3) is 4.78. The number of benzene rings is 1. The topological polar surface area (TPSA) is 15.3 Å². The third-order valence-electron chi connectivity index (χ3n) is 3.80. The van der Waals surface area contributed by atoms with Gasteiger partial charge in [0.1, 0.15) is 0 Å². The van der Waals surface area contributed by atoms with Crippen LogP contribution in [0.3, 0.4) is 0 Å². The number of nitrogens with one attached hydrogen (secondary N) is 1. The highest BCUT2D eigenvalue weighted by atomic mass is 79.9. The van der Waals surface area contributed by atoms with Crippen LogP contribution in [0.2, 0.25) is 0 Å². The standard InChI is InChI=1S/C17H27BrN2/c1-17(2,3)19-13-14-8-9-15(18)12-16(14)20-10-6-4-5-7-11-20/h8-9,12,19H,4-7,10-11,13H2,1-3H3. The second-order valence-electron chi connectivity index (χ2n) is 6.78. The molecule has 0 radical (unpaired) electrons. The molecule has 0 spiro atoms. The predicted molar refractivity (Wildman–Crippen MR) is 91.4 cm³/mol. The van der Waals surface area contributed by atoms with Crippen LogP contribution in [0, 0.1) is 0 Å². The Labute approximate surface area is 132 Å². The van der Waals surface area contributed by atoms with Gasteiger partial charge in [-0.1, -0.05) is 34.8 Å². The predicted octanol–water partition coefficient (Wildman–Crippen LogP) is 4.72. The largest absolute Gasteiger partial charge is 0.371 e. The summed E-state index contributed by atoms with van der Waals surface area (Å²) in [7, 11) is 0. The fourth-order valence-electron chi connectivity index (χ4n) is 2.65. The van der Waals surface area contributed by atoms with E-state index in [1.165, 1.54) is 54.5 Å². The molecular formula is C17H27BrN2. The van der Waals surface area contributed by atoms with E-state index >= 15 is 0 Å². The zero-order valence-electron chi connectivity index (χ0n) is 13.0. The quantitative estimate of drug-likeness (QED) is 0.857. The summed E-state index contributed by atoms with van der Waals surface area (Å²) in [5, 5.41) is 3.61. The van der Waals surface area contributed by atoms with Crippen molar-refractivity contribution in [2.24, 2.45) is 0 Å². The zero-order chi connectivity index (χ0) is 14.6. The molecule has 1 aromatic carbocycles. The Morgan fingerprint density at radius 3 is 2.35 bits per heavy atom. The number of rotatable bonds is 3. The van der Waals surface area contributed by atoms with Gasteiger partial charge in [0, 0.05) is 35.3 Å². The molecule has 1 N–H and O–H groups in total. The average Bonchev–Trinajstić information content (AvgIpc) is 2.65. The molecule has 112 valence electrons. The van der Waals surface area contributed by atoms with E-state index in [4.69, 9.17) is 0 Å². The van der Waals surface area contributed by atoms with Gasteiger partial charge in [-0.3, -0.25) is 0 Å². The van der Waals surface area contributed by atoms with Crippen molar-refractivity contribution in [3.8, 4) is 0 Å². The van der Waals surface area contributed by atoms with Crippen LogP contribution in [-0.4, -0.2) is 18.6 Å². The van der Waals surface area contributed by atoms with Gasteiger partial charge in [-0.05, 0) is 51.3 Å². The molecule has 0 atom stereocenters. The van der Waals surface area contributed by atoms with E-state index in [2.05, 4.69) is 65.1 Å². The van der Waals surface area contributed by atoms with E-state index < -0.39 is 0 Å². The second-order valence-corrected chi connectivity index (χ2v) is 7.69. The minimum Gasteiger partial charge on any atom is -0.371 e. The van der Waals surface area contributed by atoms with E-state index in [1.54, 1.807) is 0 Å². The molecule has 1 aliphatic heterocycles. The summed E-state index contributed by atoms with van der Waals surface area (Å²) >= 11 is 3.63. The van der Waals surface area contributed by atoms with Crippen molar-refractivity contribution in [1.82, 2.24) is 5.32 Å². The molecule has 1 aliphatic rings. The van der Waals surface area contributed by atoms with Crippen molar-refractivity contribution < 1.29 is 0 Å². The molecule has 2 rings (SSSR count). The van der Waals surface area contributed by atoms with Crippen LogP contribution in [0.15, 0.2) is 22.7 Å². The summed E-state index contributed by atoms with van der Waals surface area (Å²) < 4.78 is 1.18. The summed E-state index contributed by atoms with van der Waals surface area (Å²) in [6, 6.07) is 6.69. The van der Waals surface area contributed by atoms with Crippen LogP contribution in [-0.2, 0) is 6.54 Å². The lowest BCUT2D eigenvalue weighted by Crippen LogP contribution is -2.36. The Morgan fingerprint density at radius 2 is 1.75 bits per heavy atom. The maximum absolute atomic E-state index is 3.63. The third-order valence-corrected chi connectivity index (χ3v) is 4.30. The summed E-state index contributed by atoms with van der Waals surface area (Å²) in [5.74, 6) is 0. The highest BCUT2D eigenvalue weighted by Crippen LogP contribution is 2.28. The molecule has 0 bridgehead atoms. The fraction of sp³-hybridized carbons (Fsp3) is 0.647. The first kappa shape index (κ1) is 15.8. The van der Waals surface area contributed by atoms with Crippen LogP contribution in [0.5, 0.6) is 0 Å². The molecule has 1 fully saturated rings. The number of hydrogen-bond donors (Lipinski definition) is 1. The molecular weight excluding hydrogens is 312 g/mol. The lowest BCUT2D eigenvalue weighted by atomic mass is 10.1. The summed E-state index contributed by atoms with van der Waals surface area (Å²) in [6.07, 6.45) is 5.39. The van der Waals surface area contributed by atoms with Gasteiger partial charge < -0.3 is 10.2 Å². The van der Waals surface area contributed by atoms with Gasteiger partial charge in [0.15, 0.2) is 0 Å². The van der Waals surface area contributed by atoms with Gasteiger partial charge in [-0.15, -0.1) is 0 Å². The summed E-state index contributed by atoms with van der Waals surface area (Å²) in [5.41, 5.74) is 2.96.